The van der Waals surface area contributed by atoms with Gasteiger partial charge in [-0.25, -0.2) is 0 Å². The molecular formula is C17H32NO+. The van der Waals surface area contributed by atoms with Gasteiger partial charge in [0.1, 0.15) is 6.54 Å². The maximum absolute atomic E-state index is 6.39. The predicted octanol–water partition coefficient (Wildman–Crippen LogP) is 3.46. The molecular weight excluding hydrogens is 234 g/mol. The number of ether oxygens (including phenoxy) is 1. The number of nitrogens with zero attached hydrogens (tertiary/aromatic N) is 1. The number of likely N-dealkylation sites (tertiary alicyclic amines) is 1. The van der Waals surface area contributed by atoms with Crippen molar-refractivity contribution in [1.82, 2.24) is 0 Å². The molecule has 3 rings (SSSR count). The van der Waals surface area contributed by atoms with Crippen LogP contribution in [0, 0.1) is 16.7 Å². The fourth-order valence-electron chi connectivity index (χ4n) is 5.12. The molecule has 2 bridgehead atoms. The molecule has 2 nitrogen and oxygen atoms in total. The summed E-state index contributed by atoms with van der Waals surface area (Å²) in [6.45, 7) is 12.3. The van der Waals surface area contributed by atoms with E-state index in [0.717, 1.165) is 12.5 Å². The van der Waals surface area contributed by atoms with Gasteiger partial charge in [0, 0.05) is 12.8 Å². The number of rotatable bonds is 4. The monoisotopic (exact) mass is 266 g/mol. The number of fused-ring (bicyclic) bond motifs is 2. The maximum atomic E-state index is 6.39. The molecule has 0 aromatic rings. The molecule has 0 aromatic heterocycles. The highest BCUT2D eigenvalue weighted by Crippen LogP contribution is 2.66. The Morgan fingerprint density at radius 2 is 1.84 bits per heavy atom. The van der Waals surface area contributed by atoms with E-state index in [2.05, 4.69) is 27.8 Å². The lowest BCUT2D eigenvalue weighted by Gasteiger charge is -2.39. The molecule has 2 saturated carbocycles. The number of likely N-dealkylation sites (N-methyl/N-ethyl adjacent to an activating group) is 1. The molecule has 0 radical (unpaired) electrons. The van der Waals surface area contributed by atoms with Gasteiger partial charge in [-0.3, -0.25) is 0 Å². The van der Waals surface area contributed by atoms with Gasteiger partial charge in [-0.15, -0.1) is 0 Å². The van der Waals surface area contributed by atoms with Crippen LogP contribution >= 0.6 is 0 Å². The lowest BCUT2D eigenvalue weighted by Crippen LogP contribution is -2.45. The fraction of sp³-hybridized carbons (Fsp3) is 1.00. The van der Waals surface area contributed by atoms with Crippen LogP contribution in [-0.4, -0.2) is 43.9 Å². The van der Waals surface area contributed by atoms with Crippen molar-refractivity contribution in [3.8, 4) is 0 Å². The molecule has 0 amide bonds. The lowest BCUT2D eigenvalue weighted by atomic mass is 9.70. The second kappa shape index (κ2) is 4.46. The molecule has 1 aliphatic heterocycles. The molecule has 110 valence electrons. The first-order chi connectivity index (χ1) is 8.87. The summed E-state index contributed by atoms with van der Waals surface area (Å²) < 4.78 is 7.63. The Morgan fingerprint density at radius 3 is 2.37 bits per heavy atom. The Morgan fingerprint density at radius 1 is 1.16 bits per heavy atom. The van der Waals surface area contributed by atoms with Crippen molar-refractivity contribution in [3.05, 3.63) is 0 Å². The Labute approximate surface area is 119 Å². The molecule has 0 N–H and O–H groups in total. The summed E-state index contributed by atoms with van der Waals surface area (Å²) in [5.74, 6) is 0.902. The van der Waals surface area contributed by atoms with E-state index in [4.69, 9.17) is 4.74 Å². The van der Waals surface area contributed by atoms with Gasteiger partial charge in [0.25, 0.3) is 0 Å². The zero-order chi connectivity index (χ0) is 13.7. The van der Waals surface area contributed by atoms with Gasteiger partial charge in [-0.05, 0) is 36.0 Å². The summed E-state index contributed by atoms with van der Waals surface area (Å²) in [6.07, 6.45) is 7.46. The van der Waals surface area contributed by atoms with Crippen molar-refractivity contribution < 1.29 is 9.22 Å². The van der Waals surface area contributed by atoms with E-state index < -0.39 is 0 Å². The molecule has 0 spiro atoms. The van der Waals surface area contributed by atoms with Crippen molar-refractivity contribution in [2.24, 2.45) is 16.7 Å². The molecule has 0 aromatic carbocycles. The van der Waals surface area contributed by atoms with E-state index in [1.54, 1.807) is 0 Å². The van der Waals surface area contributed by atoms with E-state index in [1.807, 2.05) is 0 Å². The van der Waals surface area contributed by atoms with E-state index in [-0.39, 0.29) is 0 Å². The lowest BCUT2D eigenvalue weighted by molar-refractivity contribution is -0.898. The highest BCUT2D eigenvalue weighted by atomic mass is 16.5. The van der Waals surface area contributed by atoms with Gasteiger partial charge >= 0.3 is 0 Å². The van der Waals surface area contributed by atoms with Crippen molar-refractivity contribution in [2.75, 3.05) is 33.3 Å². The van der Waals surface area contributed by atoms with Crippen LogP contribution in [0.4, 0.5) is 0 Å². The molecule has 0 unspecified atom stereocenters. The van der Waals surface area contributed by atoms with Gasteiger partial charge in [-0.1, -0.05) is 20.8 Å². The van der Waals surface area contributed by atoms with Gasteiger partial charge < -0.3 is 9.22 Å². The minimum Gasteiger partial charge on any atom is -0.372 e. The van der Waals surface area contributed by atoms with Gasteiger partial charge in [0.15, 0.2) is 0 Å². The highest BCUT2D eigenvalue weighted by Gasteiger charge is 2.61. The van der Waals surface area contributed by atoms with Gasteiger partial charge in [0.2, 0.25) is 0 Å². The number of quaternary nitrogens is 1. The van der Waals surface area contributed by atoms with E-state index in [0.29, 0.717) is 16.9 Å². The first-order valence-corrected chi connectivity index (χ1v) is 8.33. The van der Waals surface area contributed by atoms with Crippen LogP contribution in [0.5, 0.6) is 0 Å². The molecule has 19 heavy (non-hydrogen) atoms. The highest BCUT2D eigenvalue weighted by molar-refractivity contribution is 5.11. The summed E-state index contributed by atoms with van der Waals surface area (Å²) in [4.78, 5) is 0. The summed E-state index contributed by atoms with van der Waals surface area (Å²) in [7, 11) is 2.41. The summed E-state index contributed by atoms with van der Waals surface area (Å²) in [5, 5.41) is 0. The van der Waals surface area contributed by atoms with Gasteiger partial charge in [0.05, 0.1) is 32.8 Å². The van der Waals surface area contributed by atoms with Crippen LogP contribution in [0.3, 0.4) is 0 Å². The molecule has 2 aliphatic carbocycles. The Bertz CT molecular complexity index is 345. The molecule has 3 atom stereocenters. The third-order valence-corrected chi connectivity index (χ3v) is 7.31. The Balaban J connectivity index is 1.55. The van der Waals surface area contributed by atoms with Crippen molar-refractivity contribution in [3.63, 3.8) is 0 Å². The zero-order valence-corrected chi connectivity index (χ0v) is 13.4. The SMILES string of the molecule is CC1(C)[C@H]2CC[C@@]1(C)[C@H](OCC[N+]1(C)CCCC1)C2. The summed E-state index contributed by atoms with van der Waals surface area (Å²) in [5.41, 5.74) is 0.922. The third-order valence-electron chi connectivity index (χ3n) is 7.31. The summed E-state index contributed by atoms with van der Waals surface area (Å²) in [6, 6.07) is 0. The number of hydrogen-bond donors (Lipinski definition) is 0. The second-order valence-corrected chi connectivity index (χ2v) is 8.47. The third kappa shape index (κ3) is 2.06. The van der Waals surface area contributed by atoms with Crippen LogP contribution in [0.15, 0.2) is 0 Å². The van der Waals surface area contributed by atoms with E-state index >= 15 is 0 Å². The average molecular weight is 266 g/mol. The first kappa shape index (κ1) is 13.9. The zero-order valence-electron chi connectivity index (χ0n) is 13.4. The molecule has 2 heteroatoms. The van der Waals surface area contributed by atoms with Gasteiger partial charge in [-0.2, -0.15) is 0 Å². The maximum Gasteiger partial charge on any atom is 0.102 e. The molecule has 3 fully saturated rings. The summed E-state index contributed by atoms with van der Waals surface area (Å²) >= 11 is 0. The molecule has 1 heterocycles. The van der Waals surface area contributed by atoms with E-state index in [9.17, 15) is 0 Å². The largest absolute Gasteiger partial charge is 0.372 e. The van der Waals surface area contributed by atoms with E-state index in [1.165, 1.54) is 56.2 Å². The fourth-order valence-corrected chi connectivity index (χ4v) is 5.12. The smallest absolute Gasteiger partial charge is 0.102 e. The normalized spacial score (nSPS) is 42.9. The topological polar surface area (TPSA) is 9.23 Å². The first-order valence-electron chi connectivity index (χ1n) is 8.33. The van der Waals surface area contributed by atoms with Crippen molar-refractivity contribution >= 4 is 0 Å². The predicted molar refractivity (Wildman–Crippen MR) is 79.0 cm³/mol. The Hall–Kier alpha value is -0.0800. The van der Waals surface area contributed by atoms with Crippen molar-refractivity contribution in [1.29, 1.82) is 0 Å². The molecule has 1 saturated heterocycles. The van der Waals surface area contributed by atoms with Crippen LogP contribution in [0.1, 0.15) is 52.9 Å². The standard InChI is InChI=1S/C17H32NO/c1-16(2)14-7-8-17(16,3)15(13-14)19-12-11-18(4)9-5-6-10-18/h14-15H,5-13H2,1-4H3/q+1/t14-,15+,17-/m0/s1. The van der Waals surface area contributed by atoms with Crippen LogP contribution < -0.4 is 0 Å². The quantitative estimate of drug-likeness (QED) is 0.708. The van der Waals surface area contributed by atoms with Crippen LogP contribution in [0.25, 0.3) is 0 Å². The minimum atomic E-state index is 0.432. The number of hydrogen-bond acceptors (Lipinski definition) is 1. The molecule has 3 aliphatic rings. The van der Waals surface area contributed by atoms with Crippen LogP contribution in [-0.2, 0) is 4.74 Å². The Kier molecular flexibility index (Phi) is 3.26. The minimum absolute atomic E-state index is 0.432. The van der Waals surface area contributed by atoms with Crippen molar-refractivity contribution in [2.45, 2.75) is 59.0 Å². The van der Waals surface area contributed by atoms with Crippen LogP contribution in [0.2, 0.25) is 0 Å². The second-order valence-electron chi connectivity index (χ2n) is 8.47. The average Bonchev–Trinajstić information content (AvgIpc) is 2.91.